The molecule has 0 spiro atoms. The molecule has 6 nitrogen and oxygen atoms in total. The maximum absolute atomic E-state index is 10.8. The van der Waals surface area contributed by atoms with Gasteiger partial charge in [0.15, 0.2) is 11.2 Å². The molecule has 0 aliphatic heterocycles. The number of hydrogen-bond acceptors (Lipinski definition) is 4. The number of carboxylic acids is 1. The summed E-state index contributed by atoms with van der Waals surface area (Å²) in [7, 11) is 0. The second kappa shape index (κ2) is 3.99. The second-order valence-corrected chi connectivity index (χ2v) is 3.63. The molecule has 0 bridgehead atoms. The Labute approximate surface area is 99.6 Å². The molecule has 2 aromatic rings. The van der Waals surface area contributed by atoms with Gasteiger partial charge in [0.05, 0.1) is 9.95 Å². The summed E-state index contributed by atoms with van der Waals surface area (Å²) >= 11 is 5.86. The van der Waals surface area contributed by atoms with E-state index in [1.807, 2.05) is 0 Å². The van der Waals surface area contributed by atoms with Crippen LogP contribution >= 0.6 is 11.6 Å². The number of carbonyl (C=O) groups is 1. The number of carboxylic acid groups (broad SMARTS) is 1. The minimum atomic E-state index is -1.29. The number of nitro benzene ring substituents is 1. The number of nitro groups is 1. The Morgan fingerprint density at radius 3 is 2.76 bits per heavy atom. The number of nitrogens with zero attached hydrogens (tertiary/aromatic N) is 2. The summed E-state index contributed by atoms with van der Waals surface area (Å²) in [4.78, 5) is 24.7. The summed E-state index contributed by atoms with van der Waals surface area (Å²) in [5, 5.41) is 20.1. The molecule has 86 valence electrons. The maximum atomic E-state index is 10.8. The van der Waals surface area contributed by atoms with Gasteiger partial charge in [0.2, 0.25) is 0 Å². The average molecular weight is 253 g/mol. The lowest BCUT2D eigenvalue weighted by molar-refractivity contribution is -0.383. The Morgan fingerprint density at radius 2 is 2.18 bits per heavy atom. The zero-order chi connectivity index (χ0) is 12.6. The second-order valence-electron chi connectivity index (χ2n) is 3.22. The monoisotopic (exact) mass is 252 g/mol. The van der Waals surface area contributed by atoms with E-state index in [2.05, 4.69) is 4.98 Å². The maximum Gasteiger partial charge on any atom is 0.354 e. The van der Waals surface area contributed by atoms with E-state index in [-0.39, 0.29) is 21.9 Å². The zero-order valence-corrected chi connectivity index (χ0v) is 9.01. The van der Waals surface area contributed by atoms with Gasteiger partial charge in [0, 0.05) is 11.5 Å². The Bertz CT molecular complexity index is 641. The number of aromatic carboxylic acids is 1. The molecule has 1 heterocycles. The summed E-state index contributed by atoms with van der Waals surface area (Å²) in [6.45, 7) is 0. The van der Waals surface area contributed by atoms with Gasteiger partial charge in [0.1, 0.15) is 0 Å². The molecule has 17 heavy (non-hydrogen) atoms. The SMILES string of the molecule is O=C(O)c1cc(Cl)c2cccc([N+](=O)[O-])c2n1. The third-order valence-corrected chi connectivity index (χ3v) is 2.50. The number of pyridine rings is 1. The van der Waals surface area contributed by atoms with Crippen LogP contribution in [0.5, 0.6) is 0 Å². The fraction of sp³-hybridized carbons (Fsp3) is 0. The Kier molecular flexibility index (Phi) is 2.64. The number of hydrogen-bond donors (Lipinski definition) is 1. The van der Waals surface area contributed by atoms with Crippen molar-refractivity contribution in [3.63, 3.8) is 0 Å². The summed E-state index contributed by atoms with van der Waals surface area (Å²) < 4.78 is 0. The van der Waals surface area contributed by atoms with Crippen LogP contribution in [0.3, 0.4) is 0 Å². The molecule has 0 aliphatic carbocycles. The summed E-state index contributed by atoms with van der Waals surface area (Å²) in [5.41, 5.74) is -0.619. The van der Waals surface area contributed by atoms with Gasteiger partial charge in [-0.25, -0.2) is 9.78 Å². The fourth-order valence-corrected chi connectivity index (χ4v) is 1.70. The number of para-hydroxylation sites is 1. The Balaban J connectivity index is 2.88. The highest BCUT2D eigenvalue weighted by Crippen LogP contribution is 2.29. The van der Waals surface area contributed by atoms with Crippen molar-refractivity contribution < 1.29 is 14.8 Å². The number of benzene rings is 1. The van der Waals surface area contributed by atoms with Crippen LogP contribution in [0.15, 0.2) is 24.3 Å². The van der Waals surface area contributed by atoms with E-state index in [0.717, 1.165) is 6.07 Å². The molecule has 0 saturated heterocycles. The van der Waals surface area contributed by atoms with Crippen LogP contribution in [0, 0.1) is 10.1 Å². The molecule has 0 amide bonds. The molecule has 1 N–H and O–H groups in total. The van der Waals surface area contributed by atoms with Crippen LogP contribution in [0.1, 0.15) is 10.5 Å². The minimum Gasteiger partial charge on any atom is -0.477 e. The Hall–Kier alpha value is -2.21. The first-order valence-corrected chi connectivity index (χ1v) is 4.85. The lowest BCUT2D eigenvalue weighted by Crippen LogP contribution is -2.02. The van der Waals surface area contributed by atoms with Gasteiger partial charge in [-0.15, -0.1) is 0 Å². The van der Waals surface area contributed by atoms with E-state index >= 15 is 0 Å². The Morgan fingerprint density at radius 1 is 1.47 bits per heavy atom. The van der Waals surface area contributed by atoms with E-state index in [9.17, 15) is 14.9 Å². The molecule has 0 fully saturated rings. The van der Waals surface area contributed by atoms with Crippen molar-refractivity contribution in [3.05, 3.63) is 45.1 Å². The summed E-state index contributed by atoms with van der Waals surface area (Å²) in [6.07, 6.45) is 0. The largest absolute Gasteiger partial charge is 0.477 e. The number of aromatic nitrogens is 1. The van der Waals surface area contributed by atoms with Crippen LogP contribution < -0.4 is 0 Å². The van der Waals surface area contributed by atoms with E-state index in [0.29, 0.717) is 5.39 Å². The molecule has 0 saturated carbocycles. The topological polar surface area (TPSA) is 93.3 Å². The van der Waals surface area contributed by atoms with Crippen LogP contribution in [-0.4, -0.2) is 21.0 Å². The molecule has 0 aliphatic rings. The van der Waals surface area contributed by atoms with Gasteiger partial charge in [0.25, 0.3) is 5.69 Å². The molecule has 7 heteroatoms. The molecule has 1 aromatic heterocycles. The standard InChI is InChI=1S/C10H5ClN2O4/c11-6-4-7(10(14)15)12-9-5(6)2-1-3-8(9)13(16)17/h1-4H,(H,14,15). The van der Waals surface area contributed by atoms with Crippen molar-refractivity contribution in [3.8, 4) is 0 Å². The van der Waals surface area contributed by atoms with Crippen molar-refractivity contribution in [2.75, 3.05) is 0 Å². The van der Waals surface area contributed by atoms with E-state index in [4.69, 9.17) is 16.7 Å². The molecule has 0 atom stereocenters. The average Bonchev–Trinajstić information content (AvgIpc) is 2.27. The minimum absolute atomic E-state index is 0.0256. The highest BCUT2D eigenvalue weighted by molar-refractivity contribution is 6.35. The number of halogens is 1. The summed E-state index contributed by atoms with van der Waals surface area (Å²) in [6, 6.07) is 5.42. The van der Waals surface area contributed by atoms with Crippen molar-refractivity contribution >= 4 is 34.2 Å². The quantitative estimate of drug-likeness (QED) is 0.655. The van der Waals surface area contributed by atoms with Gasteiger partial charge >= 0.3 is 5.97 Å². The van der Waals surface area contributed by atoms with E-state index in [1.165, 1.54) is 12.1 Å². The highest BCUT2D eigenvalue weighted by Gasteiger charge is 2.17. The number of non-ortho nitro benzene ring substituents is 1. The van der Waals surface area contributed by atoms with Crippen molar-refractivity contribution in [1.82, 2.24) is 4.98 Å². The predicted molar refractivity (Wildman–Crippen MR) is 60.4 cm³/mol. The van der Waals surface area contributed by atoms with Crippen molar-refractivity contribution in [2.45, 2.75) is 0 Å². The smallest absolute Gasteiger partial charge is 0.354 e. The lowest BCUT2D eigenvalue weighted by atomic mass is 10.1. The molecular formula is C10H5ClN2O4. The highest BCUT2D eigenvalue weighted by atomic mass is 35.5. The van der Waals surface area contributed by atoms with Crippen LogP contribution in [-0.2, 0) is 0 Å². The molecule has 0 unspecified atom stereocenters. The molecule has 0 radical (unpaired) electrons. The van der Waals surface area contributed by atoms with Gasteiger partial charge in [-0.2, -0.15) is 0 Å². The van der Waals surface area contributed by atoms with Gasteiger partial charge in [-0.1, -0.05) is 23.7 Å². The first-order valence-electron chi connectivity index (χ1n) is 4.47. The molecule has 2 rings (SSSR count). The molecule has 1 aromatic carbocycles. The molecular weight excluding hydrogens is 248 g/mol. The van der Waals surface area contributed by atoms with E-state index in [1.54, 1.807) is 6.07 Å². The van der Waals surface area contributed by atoms with Gasteiger partial charge < -0.3 is 5.11 Å². The van der Waals surface area contributed by atoms with Crippen LogP contribution in [0.25, 0.3) is 10.9 Å². The van der Waals surface area contributed by atoms with Crippen LogP contribution in [0.2, 0.25) is 5.02 Å². The van der Waals surface area contributed by atoms with Crippen molar-refractivity contribution in [2.24, 2.45) is 0 Å². The number of fused-ring (bicyclic) bond motifs is 1. The third-order valence-electron chi connectivity index (χ3n) is 2.18. The van der Waals surface area contributed by atoms with Gasteiger partial charge in [-0.3, -0.25) is 10.1 Å². The fourth-order valence-electron chi connectivity index (χ4n) is 1.45. The van der Waals surface area contributed by atoms with Crippen LogP contribution in [0.4, 0.5) is 5.69 Å². The third kappa shape index (κ3) is 1.90. The first-order chi connectivity index (χ1) is 8.00. The lowest BCUT2D eigenvalue weighted by Gasteiger charge is -2.02. The van der Waals surface area contributed by atoms with Gasteiger partial charge in [-0.05, 0) is 6.07 Å². The predicted octanol–water partition coefficient (Wildman–Crippen LogP) is 2.49. The summed E-state index contributed by atoms with van der Waals surface area (Å²) in [5.74, 6) is -1.29. The zero-order valence-electron chi connectivity index (χ0n) is 8.25. The normalized spacial score (nSPS) is 10.4. The van der Waals surface area contributed by atoms with E-state index < -0.39 is 10.9 Å². The van der Waals surface area contributed by atoms with Crippen molar-refractivity contribution in [1.29, 1.82) is 0 Å². The first kappa shape index (κ1) is 11.3. The number of rotatable bonds is 2.